The summed E-state index contributed by atoms with van der Waals surface area (Å²) in [4.78, 5) is 25.3. The summed E-state index contributed by atoms with van der Waals surface area (Å²) in [5.41, 5.74) is 1.41. The van der Waals surface area contributed by atoms with Crippen LogP contribution in [0.3, 0.4) is 0 Å². The Kier molecular flexibility index (Phi) is 4.54. The minimum absolute atomic E-state index is 0.143. The van der Waals surface area contributed by atoms with Crippen LogP contribution in [0.4, 0.5) is 4.79 Å². The van der Waals surface area contributed by atoms with Crippen LogP contribution >= 0.6 is 0 Å². The molecule has 1 aliphatic heterocycles. The van der Waals surface area contributed by atoms with Gasteiger partial charge in [0.05, 0.1) is 13.2 Å². The van der Waals surface area contributed by atoms with E-state index in [0.717, 1.165) is 11.1 Å². The SMILES string of the molecule is COc1cc2c(cc1C(=O)O)CCN(C(=O)OC(C)(C)C)C2C. The van der Waals surface area contributed by atoms with Crippen molar-refractivity contribution in [1.29, 1.82) is 0 Å². The predicted octanol–water partition coefficient (Wildman–Crippen LogP) is 3.25. The lowest BCUT2D eigenvalue weighted by Gasteiger charge is -2.36. The minimum atomic E-state index is -1.02. The molecule has 0 aliphatic carbocycles. The van der Waals surface area contributed by atoms with E-state index in [1.54, 1.807) is 17.0 Å². The first-order valence-electron chi connectivity index (χ1n) is 7.57. The third-order valence-electron chi connectivity index (χ3n) is 3.86. The topological polar surface area (TPSA) is 76.1 Å². The molecular weight excluding hydrogens is 298 g/mol. The Bertz CT molecular complexity index is 633. The number of ether oxygens (including phenoxy) is 2. The van der Waals surface area contributed by atoms with Crippen LogP contribution < -0.4 is 4.74 Å². The highest BCUT2D eigenvalue weighted by Gasteiger charge is 2.32. The molecule has 0 saturated heterocycles. The van der Waals surface area contributed by atoms with Gasteiger partial charge in [-0.1, -0.05) is 0 Å². The zero-order chi connectivity index (χ0) is 17.4. The van der Waals surface area contributed by atoms with Gasteiger partial charge in [-0.3, -0.25) is 0 Å². The first-order valence-corrected chi connectivity index (χ1v) is 7.57. The molecule has 1 N–H and O–H groups in total. The molecule has 1 atom stereocenters. The fourth-order valence-electron chi connectivity index (χ4n) is 2.75. The van der Waals surface area contributed by atoms with Crippen molar-refractivity contribution < 1.29 is 24.2 Å². The molecule has 2 rings (SSSR count). The molecule has 1 aromatic carbocycles. The van der Waals surface area contributed by atoms with Crippen molar-refractivity contribution >= 4 is 12.1 Å². The number of carboxylic acid groups (broad SMARTS) is 1. The van der Waals surface area contributed by atoms with Gasteiger partial charge in [0.25, 0.3) is 0 Å². The van der Waals surface area contributed by atoms with Gasteiger partial charge in [0.2, 0.25) is 0 Å². The maximum atomic E-state index is 12.3. The molecule has 6 nitrogen and oxygen atoms in total. The molecule has 0 aromatic heterocycles. The summed E-state index contributed by atoms with van der Waals surface area (Å²) in [5.74, 6) is -0.721. The number of nitrogens with zero attached hydrogens (tertiary/aromatic N) is 1. The van der Waals surface area contributed by atoms with E-state index in [0.29, 0.717) is 18.7 Å². The van der Waals surface area contributed by atoms with Crippen molar-refractivity contribution in [3.63, 3.8) is 0 Å². The third kappa shape index (κ3) is 3.57. The van der Waals surface area contributed by atoms with Gasteiger partial charge in [0.15, 0.2) is 0 Å². The van der Waals surface area contributed by atoms with Gasteiger partial charge >= 0.3 is 12.1 Å². The summed E-state index contributed by atoms with van der Waals surface area (Å²) in [5, 5.41) is 9.27. The highest BCUT2D eigenvalue weighted by molar-refractivity contribution is 5.91. The van der Waals surface area contributed by atoms with Crippen LogP contribution in [-0.4, -0.2) is 41.3 Å². The summed E-state index contributed by atoms with van der Waals surface area (Å²) in [6.07, 6.45) is 0.223. The number of carbonyl (C=O) groups excluding carboxylic acids is 1. The number of hydrogen-bond donors (Lipinski definition) is 1. The lowest BCUT2D eigenvalue weighted by molar-refractivity contribution is 0.0159. The molecule has 1 aromatic rings. The molecule has 126 valence electrons. The molecule has 1 heterocycles. The number of methoxy groups -OCH3 is 1. The lowest BCUT2D eigenvalue weighted by atomic mass is 9.91. The van der Waals surface area contributed by atoms with Crippen molar-refractivity contribution in [2.24, 2.45) is 0 Å². The molecule has 0 saturated carbocycles. The molecule has 0 spiro atoms. The number of aromatic carboxylic acids is 1. The van der Waals surface area contributed by atoms with E-state index in [4.69, 9.17) is 9.47 Å². The fraction of sp³-hybridized carbons (Fsp3) is 0.529. The average molecular weight is 321 g/mol. The Morgan fingerprint density at radius 1 is 1.30 bits per heavy atom. The lowest BCUT2D eigenvalue weighted by Crippen LogP contribution is -2.42. The highest BCUT2D eigenvalue weighted by atomic mass is 16.6. The van der Waals surface area contributed by atoms with E-state index in [1.165, 1.54) is 7.11 Å². The van der Waals surface area contributed by atoms with Gasteiger partial charge in [-0.25, -0.2) is 9.59 Å². The monoisotopic (exact) mass is 321 g/mol. The van der Waals surface area contributed by atoms with E-state index >= 15 is 0 Å². The van der Waals surface area contributed by atoms with Crippen LogP contribution in [0.1, 0.15) is 55.2 Å². The first-order chi connectivity index (χ1) is 10.6. The van der Waals surface area contributed by atoms with Crippen molar-refractivity contribution in [3.8, 4) is 5.75 Å². The van der Waals surface area contributed by atoms with Crippen molar-refractivity contribution in [1.82, 2.24) is 4.90 Å². The van der Waals surface area contributed by atoms with Gasteiger partial charge in [-0.05, 0) is 57.4 Å². The quantitative estimate of drug-likeness (QED) is 0.905. The summed E-state index contributed by atoms with van der Waals surface area (Å²) in [6.45, 7) is 7.89. The maximum Gasteiger partial charge on any atom is 0.410 e. The normalized spacial score (nSPS) is 17.4. The molecule has 1 aliphatic rings. The fourth-order valence-corrected chi connectivity index (χ4v) is 2.75. The molecule has 0 fully saturated rings. The van der Waals surface area contributed by atoms with E-state index in [-0.39, 0.29) is 17.7 Å². The zero-order valence-electron chi connectivity index (χ0n) is 14.2. The van der Waals surface area contributed by atoms with Crippen LogP contribution in [0.2, 0.25) is 0 Å². The van der Waals surface area contributed by atoms with E-state index in [9.17, 15) is 14.7 Å². The summed E-state index contributed by atoms with van der Waals surface area (Å²) in [7, 11) is 1.44. The van der Waals surface area contributed by atoms with E-state index in [1.807, 2.05) is 27.7 Å². The summed E-state index contributed by atoms with van der Waals surface area (Å²) >= 11 is 0. The highest BCUT2D eigenvalue weighted by Crippen LogP contribution is 2.35. The van der Waals surface area contributed by atoms with Gasteiger partial charge in [-0.2, -0.15) is 0 Å². The summed E-state index contributed by atoms with van der Waals surface area (Å²) < 4.78 is 10.6. The first kappa shape index (κ1) is 17.1. The predicted molar refractivity (Wildman–Crippen MR) is 85.0 cm³/mol. The molecule has 0 radical (unpaired) electrons. The largest absolute Gasteiger partial charge is 0.496 e. The second kappa shape index (κ2) is 6.10. The van der Waals surface area contributed by atoms with Crippen molar-refractivity contribution in [2.75, 3.05) is 13.7 Å². The second-order valence-corrected chi connectivity index (χ2v) is 6.66. The van der Waals surface area contributed by atoms with Crippen LogP contribution in [0.15, 0.2) is 12.1 Å². The molecule has 6 heteroatoms. The van der Waals surface area contributed by atoms with Crippen LogP contribution in [0, 0.1) is 0 Å². The van der Waals surface area contributed by atoms with Crippen LogP contribution in [-0.2, 0) is 11.2 Å². The Morgan fingerprint density at radius 2 is 1.96 bits per heavy atom. The third-order valence-corrected chi connectivity index (χ3v) is 3.86. The Morgan fingerprint density at radius 3 is 2.48 bits per heavy atom. The number of hydrogen-bond acceptors (Lipinski definition) is 4. The molecular formula is C17H23NO5. The van der Waals surface area contributed by atoms with E-state index in [2.05, 4.69) is 0 Å². The Balaban J connectivity index is 2.34. The molecule has 0 bridgehead atoms. The molecule has 1 unspecified atom stereocenters. The minimum Gasteiger partial charge on any atom is -0.496 e. The Labute approximate surface area is 136 Å². The molecule has 1 amide bonds. The number of benzene rings is 1. The van der Waals surface area contributed by atoms with E-state index < -0.39 is 11.6 Å². The van der Waals surface area contributed by atoms with Gasteiger partial charge in [0, 0.05) is 6.54 Å². The maximum absolute atomic E-state index is 12.3. The van der Waals surface area contributed by atoms with Gasteiger partial charge < -0.3 is 19.5 Å². The van der Waals surface area contributed by atoms with Crippen molar-refractivity contribution in [2.45, 2.75) is 45.8 Å². The Hall–Kier alpha value is -2.24. The second-order valence-electron chi connectivity index (χ2n) is 6.66. The molecule has 23 heavy (non-hydrogen) atoms. The van der Waals surface area contributed by atoms with Gasteiger partial charge in [0.1, 0.15) is 16.9 Å². The number of amides is 1. The number of carbonyl (C=O) groups is 2. The number of carboxylic acids is 1. The average Bonchev–Trinajstić information content (AvgIpc) is 2.44. The zero-order valence-corrected chi connectivity index (χ0v) is 14.2. The smallest absolute Gasteiger partial charge is 0.410 e. The van der Waals surface area contributed by atoms with Crippen molar-refractivity contribution in [3.05, 3.63) is 28.8 Å². The number of rotatable bonds is 2. The summed E-state index contributed by atoms with van der Waals surface area (Å²) in [6, 6.07) is 3.14. The number of fused-ring (bicyclic) bond motifs is 1. The van der Waals surface area contributed by atoms with Gasteiger partial charge in [-0.15, -0.1) is 0 Å². The standard InChI is InChI=1S/C17H23NO5/c1-10-12-9-14(22-5)13(15(19)20)8-11(12)6-7-18(10)16(21)23-17(2,3)4/h8-10H,6-7H2,1-5H3,(H,19,20). The van der Waals surface area contributed by atoms with Crippen LogP contribution in [0.5, 0.6) is 5.75 Å². The van der Waals surface area contributed by atoms with Crippen LogP contribution in [0.25, 0.3) is 0 Å².